The molecule has 0 radical (unpaired) electrons. The van der Waals surface area contributed by atoms with Gasteiger partial charge in [-0.05, 0) is 30.3 Å². The third-order valence-corrected chi connectivity index (χ3v) is 3.80. The number of sulfonamides is 1. The molecule has 19 heavy (non-hydrogen) atoms. The molecule has 0 unspecified atom stereocenters. The van der Waals surface area contributed by atoms with E-state index in [1.807, 2.05) is 6.07 Å². The van der Waals surface area contributed by atoms with Gasteiger partial charge in [0.2, 0.25) is 10.0 Å². The van der Waals surface area contributed by atoms with Crippen LogP contribution in [0.25, 0.3) is 0 Å². The van der Waals surface area contributed by atoms with E-state index in [-0.39, 0.29) is 11.4 Å². The number of nitrogens with one attached hydrogen (secondary N) is 1. The maximum Gasteiger partial charge on any atom is 0.240 e. The zero-order valence-electron chi connectivity index (χ0n) is 9.81. The molecule has 0 atom stereocenters. The summed E-state index contributed by atoms with van der Waals surface area (Å²) in [5, 5.41) is 8.65. The Bertz CT molecular complexity index is 691. The predicted octanol–water partition coefficient (Wildman–Crippen LogP) is 0.827. The normalized spacial score (nSPS) is 10.9. The third-order valence-electron chi connectivity index (χ3n) is 2.38. The molecule has 0 aliphatic rings. The lowest BCUT2D eigenvalue weighted by molar-refractivity contribution is 0.580. The van der Waals surface area contributed by atoms with Gasteiger partial charge in [0.15, 0.2) is 0 Å². The second-order valence-corrected chi connectivity index (χ2v) is 5.43. The Hall–Kier alpha value is -2.30. The van der Waals surface area contributed by atoms with Crippen LogP contribution in [0.2, 0.25) is 0 Å². The number of rotatable bonds is 4. The van der Waals surface area contributed by atoms with E-state index in [1.165, 1.54) is 30.6 Å². The standard InChI is InChI=1S/C12H10N4O2S/c13-7-10-1-3-12(4-2-10)19(17,18)16-8-11-5-6-14-9-15-11/h1-6,9,16H,8H2. The highest BCUT2D eigenvalue weighted by Gasteiger charge is 2.13. The van der Waals surface area contributed by atoms with Crippen molar-refractivity contribution in [1.82, 2.24) is 14.7 Å². The highest BCUT2D eigenvalue weighted by molar-refractivity contribution is 7.89. The predicted molar refractivity (Wildman–Crippen MR) is 67.2 cm³/mol. The molecule has 0 aliphatic carbocycles. The minimum absolute atomic E-state index is 0.0881. The van der Waals surface area contributed by atoms with Gasteiger partial charge in [0.25, 0.3) is 0 Å². The molecule has 0 spiro atoms. The molecule has 1 N–H and O–H groups in total. The molecule has 0 amide bonds. The van der Waals surface area contributed by atoms with Gasteiger partial charge in [-0.15, -0.1) is 0 Å². The molecule has 6 nitrogen and oxygen atoms in total. The number of nitriles is 1. The van der Waals surface area contributed by atoms with E-state index in [0.717, 1.165) is 0 Å². The number of hydrogen-bond donors (Lipinski definition) is 1. The van der Waals surface area contributed by atoms with Crippen molar-refractivity contribution < 1.29 is 8.42 Å². The Labute approximate surface area is 110 Å². The van der Waals surface area contributed by atoms with E-state index in [1.54, 1.807) is 12.3 Å². The van der Waals surface area contributed by atoms with Gasteiger partial charge in [-0.1, -0.05) is 0 Å². The Balaban J connectivity index is 2.12. The molecule has 2 rings (SSSR count). The topological polar surface area (TPSA) is 95.7 Å². The van der Waals surface area contributed by atoms with E-state index in [9.17, 15) is 8.42 Å². The SMILES string of the molecule is N#Cc1ccc(S(=O)(=O)NCc2ccncn2)cc1. The molecule has 96 valence electrons. The van der Waals surface area contributed by atoms with Gasteiger partial charge in [-0.25, -0.2) is 23.1 Å². The molecular weight excluding hydrogens is 264 g/mol. The molecule has 7 heteroatoms. The summed E-state index contributed by atoms with van der Waals surface area (Å²) in [6, 6.07) is 9.25. The molecule has 0 saturated heterocycles. The van der Waals surface area contributed by atoms with Crippen molar-refractivity contribution in [2.75, 3.05) is 0 Å². The molecule has 0 bridgehead atoms. The molecule has 1 aromatic carbocycles. The zero-order chi connectivity index (χ0) is 13.7. The third kappa shape index (κ3) is 3.34. The molecule has 0 aliphatic heterocycles. The average Bonchev–Trinajstić information content (AvgIpc) is 2.46. The summed E-state index contributed by atoms with van der Waals surface area (Å²) in [6.07, 6.45) is 2.89. The van der Waals surface area contributed by atoms with Crippen LogP contribution in [-0.4, -0.2) is 18.4 Å². The number of benzene rings is 1. The fraction of sp³-hybridized carbons (Fsp3) is 0.0833. The van der Waals surface area contributed by atoms with Crippen molar-refractivity contribution in [2.45, 2.75) is 11.4 Å². The van der Waals surface area contributed by atoms with Crippen LogP contribution in [0.5, 0.6) is 0 Å². The smallest absolute Gasteiger partial charge is 0.240 e. The fourth-order valence-electron chi connectivity index (χ4n) is 1.38. The molecule has 0 saturated carbocycles. The van der Waals surface area contributed by atoms with Gasteiger partial charge in [0.1, 0.15) is 6.33 Å². The van der Waals surface area contributed by atoms with Gasteiger partial charge in [0, 0.05) is 6.20 Å². The lowest BCUT2D eigenvalue weighted by atomic mass is 10.2. The largest absolute Gasteiger partial charge is 0.245 e. The van der Waals surface area contributed by atoms with Gasteiger partial charge in [0.05, 0.1) is 28.8 Å². The van der Waals surface area contributed by atoms with Crippen LogP contribution in [0.3, 0.4) is 0 Å². The highest BCUT2D eigenvalue weighted by atomic mass is 32.2. The summed E-state index contributed by atoms with van der Waals surface area (Å²) in [5.41, 5.74) is 0.988. The van der Waals surface area contributed by atoms with Crippen LogP contribution in [0.15, 0.2) is 47.8 Å². The Morgan fingerprint density at radius 1 is 1.21 bits per heavy atom. The molecule has 1 heterocycles. The van der Waals surface area contributed by atoms with Crippen molar-refractivity contribution in [1.29, 1.82) is 5.26 Å². The second-order valence-electron chi connectivity index (χ2n) is 3.66. The van der Waals surface area contributed by atoms with Crippen molar-refractivity contribution in [3.63, 3.8) is 0 Å². The summed E-state index contributed by atoms with van der Waals surface area (Å²) >= 11 is 0. The summed E-state index contributed by atoms with van der Waals surface area (Å²) in [5.74, 6) is 0. The van der Waals surface area contributed by atoms with E-state index in [0.29, 0.717) is 11.3 Å². The van der Waals surface area contributed by atoms with Crippen LogP contribution in [-0.2, 0) is 16.6 Å². The number of aromatic nitrogens is 2. The minimum atomic E-state index is -3.60. The quantitative estimate of drug-likeness (QED) is 0.890. The van der Waals surface area contributed by atoms with Crippen LogP contribution in [0.4, 0.5) is 0 Å². The second kappa shape index (κ2) is 5.56. The molecule has 0 fully saturated rings. The Kier molecular flexibility index (Phi) is 3.85. The van der Waals surface area contributed by atoms with Gasteiger partial charge in [-0.3, -0.25) is 0 Å². The summed E-state index contributed by atoms with van der Waals surface area (Å²) in [6.45, 7) is 0.0881. The summed E-state index contributed by atoms with van der Waals surface area (Å²) in [7, 11) is -3.60. The first kappa shape index (κ1) is 13.1. The number of hydrogen-bond acceptors (Lipinski definition) is 5. The Morgan fingerprint density at radius 3 is 2.53 bits per heavy atom. The first-order valence-corrected chi connectivity index (χ1v) is 6.85. The minimum Gasteiger partial charge on any atom is -0.245 e. The first-order chi connectivity index (χ1) is 9.12. The average molecular weight is 274 g/mol. The lowest BCUT2D eigenvalue weighted by Crippen LogP contribution is -2.23. The monoisotopic (exact) mass is 274 g/mol. The van der Waals surface area contributed by atoms with Crippen molar-refractivity contribution in [2.24, 2.45) is 0 Å². The molecular formula is C12H10N4O2S. The maximum atomic E-state index is 12.0. The van der Waals surface area contributed by atoms with Crippen LogP contribution < -0.4 is 4.72 Å². The maximum absolute atomic E-state index is 12.0. The van der Waals surface area contributed by atoms with E-state index < -0.39 is 10.0 Å². The van der Waals surface area contributed by atoms with Crippen molar-refractivity contribution in [3.05, 3.63) is 54.1 Å². The van der Waals surface area contributed by atoms with E-state index in [4.69, 9.17) is 5.26 Å². The first-order valence-electron chi connectivity index (χ1n) is 5.36. The summed E-state index contributed by atoms with van der Waals surface area (Å²) < 4.78 is 26.4. The fourth-order valence-corrected chi connectivity index (χ4v) is 2.38. The Morgan fingerprint density at radius 2 is 1.95 bits per heavy atom. The number of nitrogens with zero attached hydrogens (tertiary/aromatic N) is 3. The highest BCUT2D eigenvalue weighted by Crippen LogP contribution is 2.10. The van der Waals surface area contributed by atoms with Crippen LogP contribution in [0.1, 0.15) is 11.3 Å². The molecule has 1 aromatic heterocycles. The van der Waals surface area contributed by atoms with Crippen molar-refractivity contribution >= 4 is 10.0 Å². The van der Waals surface area contributed by atoms with Gasteiger partial charge < -0.3 is 0 Å². The van der Waals surface area contributed by atoms with E-state index >= 15 is 0 Å². The van der Waals surface area contributed by atoms with Gasteiger partial charge >= 0.3 is 0 Å². The van der Waals surface area contributed by atoms with Crippen LogP contribution in [0, 0.1) is 11.3 Å². The zero-order valence-corrected chi connectivity index (χ0v) is 10.6. The summed E-state index contributed by atoms with van der Waals surface area (Å²) in [4.78, 5) is 7.78. The van der Waals surface area contributed by atoms with E-state index in [2.05, 4.69) is 14.7 Å². The lowest BCUT2D eigenvalue weighted by Gasteiger charge is -2.06. The van der Waals surface area contributed by atoms with Crippen LogP contribution >= 0.6 is 0 Å². The molecule has 2 aromatic rings. The van der Waals surface area contributed by atoms with Gasteiger partial charge in [-0.2, -0.15) is 5.26 Å². The van der Waals surface area contributed by atoms with Crippen molar-refractivity contribution in [3.8, 4) is 6.07 Å².